The zero-order chi connectivity index (χ0) is 18.1. The normalized spacial score (nSPS) is 13.5. The van der Waals surface area contributed by atoms with Gasteiger partial charge < -0.3 is 9.72 Å². The molecule has 1 aromatic carbocycles. The Bertz CT molecular complexity index is 975. The Labute approximate surface area is 156 Å². The number of hydrogen-bond acceptors (Lipinski definition) is 5. The predicted octanol–water partition coefficient (Wildman–Crippen LogP) is 3.50. The van der Waals surface area contributed by atoms with E-state index in [2.05, 4.69) is 22.0 Å². The summed E-state index contributed by atoms with van der Waals surface area (Å²) in [6.45, 7) is 4.05. The lowest BCUT2D eigenvalue weighted by atomic mass is 10.2. The summed E-state index contributed by atoms with van der Waals surface area (Å²) in [5.41, 5.74) is 2.45. The van der Waals surface area contributed by atoms with E-state index in [0.717, 1.165) is 47.6 Å². The molecule has 0 atom stereocenters. The number of nitrogens with zero attached hydrogens (tertiary/aromatic N) is 2. The minimum absolute atomic E-state index is 0.0128. The average Bonchev–Trinajstić information content (AvgIpc) is 3.17. The Morgan fingerprint density at radius 3 is 2.81 bits per heavy atom. The van der Waals surface area contributed by atoms with E-state index < -0.39 is 0 Å². The molecule has 1 N–H and O–H groups in total. The maximum atomic E-state index is 12.5. The summed E-state index contributed by atoms with van der Waals surface area (Å²) >= 11 is 1.69. The standard InChI is InChI=1S/C20H23N3O2S/c1-3-25-14-9-7-13(8-10-14)11-23(2)12-17-21-19(24)18-15-5-4-6-16(15)26-20(18)22-17/h7-10H,3-6,11-12H2,1-2H3,(H,21,22,24). The molecule has 1 aliphatic rings. The summed E-state index contributed by atoms with van der Waals surface area (Å²) in [4.78, 5) is 24.6. The molecule has 0 aliphatic heterocycles. The van der Waals surface area contributed by atoms with E-state index in [1.165, 1.54) is 16.0 Å². The number of nitrogens with one attached hydrogen (secondary N) is 1. The van der Waals surface area contributed by atoms with Gasteiger partial charge in [0.1, 0.15) is 16.4 Å². The van der Waals surface area contributed by atoms with Crippen LogP contribution < -0.4 is 10.3 Å². The molecule has 0 fully saturated rings. The van der Waals surface area contributed by atoms with Crippen molar-refractivity contribution in [3.05, 3.63) is 56.4 Å². The highest BCUT2D eigenvalue weighted by atomic mass is 32.1. The Hall–Kier alpha value is -2.18. The zero-order valence-corrected chi connectivity index (χ0v) is 16.0. The van der Waals surface area contributed by atoms with Crippen LogP contribution >= 0.6 is 11.3 Å². The van der Waals surface area contributed by atoms with Gasteiger partial charge >= 0.3 is 0 Å². The number of rotatable bonds is 6. The molecule has 6 heteroatoms. The molecular weight excluding hydrogens is 346 g/mol. The Kier molecular flexibility index (Phi) is 4.78. The quantitative estimate of drug-likeness (QED) is 0.722. The van der Waals surface area contributed by atoms with Crippen molar-refractivity contribution < 1.29 is 4.74 Å². The third-order valence-electron chi connectivity index (χ3n) is 4.73. The highest BCUT2D eigenvalue weighted by Gasteiger charge is 2.21. The first-order valence-corrected chi connectivity index (χ1v) is 9.89. The highest BCUT2D eigenvalue weighted by Crippen LogP contribution is 2.34. The van der Waals surface area contributed by atoms with E-state index in [4.69, 9.17) is 9.72 Å². The number of aryl methyl sites for hydroxylation is 2. The molecule has 5 nitrogen and oxygen atoms in total. The van der Waals surface area contributed by atoms with Crippen LogP contribution in [-0.2, 0) is 25.9 Å². The third-order valence-corrected chi connectivity index (χ3v) is 5.92. The molecule has 0 saturated heterocycles. The summed E-state index contributed by atoms with van der Waals surface area (Å²) in [7, 11) is 2.04. The summed E-state index contributed by atoms with van der Waals surface area (Å²) in [5.74, 6) is 1.62. The van der Waals surface area contributed by atoms with Crippen molar-refractivity contribution >= 4 is 21.6 Å². The van der Waals surface area contributed by atoms with E-state index in [1.54, 1.807) is 11.3 Å². The largest absolute Gasteiger partial charge is 0.494 e. The number of H-pyrrole nitrogens is 1. The van der Waals surface area contributed by atoms with Crippen molar-refractivity contribution in [1.82, 2.24) is 14.9 Å². The van der Waals surface area contributed by atoms with Gasteiger partial charge in [-0.2, -0.15) is 0 Å². The lowest BCUT2D eigenvalue weighted by Crippen LogP contribution is -2.21. The second kappa shape index (κ2) is 7.21. The number of thiophene rings is 1. The van der Waals surface area contributed by atoms with Gasteiger partial charge in [-0.05, 0) is 56.5 Å². The molecule has 2 aromatic heterocycles. The molecule has 1 aliphatic carbocycles. The van der Waals surface area contributed by atoms with Gasteiger partial charge in [-0.3, -0.25) is 9.69 Å². The number of aromatic nitrogens is 2. The second-order valence-electron chi connectivity index (χ2n) is 6.80. The smallest absolute Gasteiger partial charge is 0.259 e. The Morgan fingerprint density at radius 2 is 2.04 bits per heavy atom. The van der Waals surface area contributed by atoms with Crippen molar-refractivity contribution in [3.8, 4) is 5.75 Å². The van der Waals surface area contributed by atoms with E-state index >= 15 is 0 Å². The van der Waals surface area contributed by atoms with E-state index in [-0.39, 0.29) is 5.56 Å². The SMILES string of the molecule is CCOc1ccc(CN(C)Cc2nc3sc4c(c3c(=O)[nH]2)CCC4)cc1. The molecule has 2 heterocycles. The minimum atomic E-state index is 0.0128. The second-order valence-corrected chi connectivity index (χ2v) is 7.88. The van der Waals surface area contributed by atoms with Crippen molar-refractivity contribution in [1.29, 1.82) is 0 Å². The Balaban J connectivity index is 1.49. The lowest BCUT2D eigenvalue weighted by molar-refractivity contribution is 0.310. The molecule has 26 heavy (non-hydrogen) atoms. The number of fused-ring (bicyclic) bond motifs is 3. The molecule has 0 amide bonds. The fourth-order valence-corrected chi connectivity index (χ4v) is 4.88. The van der Waals surface area contributed by atoms with Crippen LogP contribution in [0.1, 0.15) is 35.2 Å². The van der Waals surface area contributed by atoms with Crippen molar-refractivity contribution in [2.75, 3.05) is 13.7 Å². The van der Waals surface area contributed by atoms with Gasteiger partial charge in [0.25, 0.3) is 5.56 Å². The van der Waals surface area contributed by atoms with E-state index in [9.17, 15) is 4.79 Å². The van der Waals surface area contributed by atoms with Crippen LogP contribution in [0.25, 0.3) is 10.2 Å². The number of benzene rings is 1. The molecular formula is C20H23N3O2S. The van der Waals surface area contributed by atoms with Gasteiger partial charge in [0, 0.05) is 11.4 Å². The summed E-state index contributed by atoms with van der Waals surface area (Å²) < 4.78 is 5.48. The van der Waals surface area contributed by atoms with Gasteiger partial charge in [0.15, 0.2) is 0 Å². The molecule has 4 rings (SSSR count). The topological polar surface area (TPSA) is 58.2 Å². The van der Waals surface area contributed by atoms with Gasteiger partial charge in [-0.25, -0.2) is 4.98 Å². The number of aromatic amines is 1. The van der Waals surface area contributed by atoms with Crippen LogP contribution in [0.2, 0.25) is 0 Å². The van der Waals surface area contributed by atoms with E-state index in [1.807, 2.05) is 26.1 Å². The van der Waals surface area contributed by atoms with Crippen LogP contribution in [0, 0.1) is 0 Å². The predicted molar refractivity (Wildman–Crippen MR) is 105 cm³/mol. The van der Waals surface area contributed by atoms with Crippen LogP contribution in [0.3, 0.4) is 0 Å². The van der Waals surface area contributed by atoms with E-state index in [0.29, 0.717) is 13.2 Å². The maximum absolute atomic E-state index is 12.5. The summed E-state index contributed by atoms with van der Waals surface area (Å²) in [5, 5.41) is 0.820. The average molecular weight is 369 g/mol. The number of ether oxygens (including phenoxy) is 1. The Morgan fingerprint density at radius 1 is 1.23 bits per heavy atom. The molecule has 0 bridgehead atoms. The van der Waals surface area contributed by atoms with Crippen molar-refractivity contribution in [2.24, 2.45) is 0 Å². The zero-order valence-electron chi connectivity index (χ0n) is 15.2. The molecule has 3 aromatic rings. The molecule has 0 radical (unpaired) electrons. The first-order valence-electron chi connectivity index (χ1n) is 9.07. The first kappa shape index (κ1) is 17.2. The highest BCUT2D eigenvalue weighted by molar-refractivity contribution is 7.18. The summed E-state index contributed by atoms with van der Waals surface area (Å²) in [6.07, 6.45) is 3.25. The molecule has 136 valence electrons. The van der Waals surface area contributed by atoms with Gasteiger partial charge in [0.05, 0.1) is 18.5 Å². The van der Waals surface area contributed by atoms with Gasteiger partial charge in [-0.15, -0.1) is 11.3 Å². The third kappa shape index (κ3) is 3.39. The fourth-order valence-electron chi connectivity index (χ4n) is 3.60. The fraction of sp³-hybridized carbons (Fsp3) is 0.400. The van der Waals surface area contributed by atoms with Crippen molar-refractivity contribution in [3.63, 3.8) is 0 Å². The molecule has 0 unspecified atom stereocenters. The van der Waals surface area contributed by atoms with Crippen LogP contribution in [0.4, 0.5) is 0 Å². The van der Waals surface area contributed by atoms with Crippen molar-refractivity contribution in [2.45, 2.75) is 39.3 Å². The minimum Gasteiger partial charge on any atom is -0.494 e. The lowest BCUT2D eigenvalue weighted by Gasteiger charge is -2.16. The van der Waals surface area contributed by atoms with Crippen LogP contribution in [0.15, 0.2) is 29.1 Å². The number of hydrogen-bond donors (Lipinski definition) is 1. The molecule has 0 saturated carbocycles. The maximum Gasteiger partial charge on any atom is 0.259 e. The van der Waals surface area contributed by atoms with Gasteiger partial charge in [0.2, 0.25) is 0 Å². The van der Waals surface area contributed by atoms with Gasteiger partial charge in [-0.1, -0.05) is 12.1 Å². The van der Waals surface area contributed by atoms with Crippen LogP contribution in [0.5, 0.6) is 5.75 Å². The molecule has 0 spiro atoms. The first-order chi connectivity index (χ1) is 12.6. The monoisotopic (exact) mass is 369 g/mol. The van der Waals surface area contributed by atoms with Crippen LogP contribution in [-0.4, -0.2) is 28.5 Å². The summed E-state index contributed by atoms with van der Waals surface area (Å²) in [6, 6.07) is 8.13.